The molecule has 0 aliphatic rings. The van der Waals surface area contributed by atoms with Crippen LogP contribution >= 0.6 is 11.3 Å². The molecule has 0 spiro atoms. The molecule has 5 heteroatoms. The maximum absolute atomic E-state index is 5.78. The van der Waals surface area contributed by atoms with Gasteiger partial charge in [-0.3, -0.25) is 4.98 Å². The summed E-state index contributed by atoms with van der Waals surface area (Å²) in [6.07, 6.45) is 1.76. The van der Waals surface area contributed by atoms with E-state index < -0.39 is 0 Å². The molecule has 0 aliphatic carbocycles. The van der Waals surface area contributed by atoms with E-state index in [-0.39, 0.29) is 0 Å². The van der Waals surface area contributed by atoms with Gasteiger partial charge in [-0.25, -0.2) is 4.98 Å². The maximum atomic E-state index is 5.78. The van der Waals surface area contributed by atoms with Gasteiger partial charge in [-0.2, -0.15) is 0 Å². The summed E-state index contributed by atoms with van der Waals surface area (Å²) in [5.74, 6) is 0.773. The fourth-order valence-electron chi connectivity index (χ4n) is 2.02. The van der Waals surface area contributed by atoms with Crippen LogP contribution in [0.25, 0.3) is 10.9 Å². The molecule has 1 aromatic carbocycles. The summed E-state index contributed by atoms with van der Waals surface area (Å²) in [6, 6.07) is 10.0. The van der Waals surface area contributed by atoms with Crippen molar-refractivity contribution in [1.29, 1.82) is 0 Å². The van der Waals surface area contributed by atoms with Crippen molar-refractivity contribution in [2.24, 2.45) is 0 Å². The molecule has 0 radical (unpaired) electrons. The molecular formula is C16H17N3OS. The largest absolute Gasteiger partial charge is 0.486 e. The number of nitrogens with one attached hydrogen (secondary N) is 1. The number of benzene rings is 1. The number of rotatable bonds is 6. The number of nitrogens with zero attached hydrogens (tertiary/aromatic N) is 2. The molecule has 0 unspecified atom stereocenters. The Morgan fingerprint density at radius 2 is 2.19 bits per heavy atom. The Morgan fingerprint density at radius 1 is 1.29 bits per heavy atom. The summed E-state index contributed by atoms with van der Waals surface area (Å²) in [5, 5.41) is 7.49. The molecule has 3 aromatic rings. The normalized spacial score (nSPS) is 10.9. The van der Waals surface area contributed by atoms with Crippen molar-refractivity contribution < 1.29 is 4.74 Å². The fourth-order valence-corrected chi connectivity index (χ4v) is 2.76. The van der Waals surface area contributed by atoms with Gasteiger partial charge in [-0.05, 0) is 18.7 Å². The number of fused-ring (bicyclic) bond motifs is 1. The molecular weight excluding hydrogens is 282 g/mol. The second-order valence-electron chi connectivity index (χ2n) is 4.67. The minimum absolute atomic E-state index is 0.475. The van der Waals surface area contributed by atoms with Gasteiger partial charge in [0.1, 0.15) is 17.4 Å². The Balaban J connectivity index is 1.64. The first-order valence-corrected chi connectivity index (χ1v) is 7.84. The SMILES string of the molecule is CCNCc1nc(COc2cnc3ccccc3c2)cs1. The van der Waals surface area contributed by atoms with E-state index in [1.165, 1.54) is 0 Å². The summed E-state index contributed by atoms with van der Waals surface area (Å²) in [6.45, 7) is 4.33. The predicted octanol–water partition coefficient (Wildman–Crippen LogP) is 3.38. The summed E-state index contributed by atoms with van der Waals surface area (Å²) < 4.78 is 5.78. The third kappa shape index (κ3) is 3.56. The van der Waals surface area contributed by atoms with Crippen LogP contribution in [0.1, 0.15) is 17.6 Å². The highest BCUT2D eigenvalue weighted by Gasteiger charge is 2.03. The number of pyridine rings is 1. The van der Waals surface area contributed by atoms with Gasteiger partial charge < -0.3 is 10.1 Å². The molecule has 0 bridgehead atoms. The molecule has 2 aromatic heterocycles. The van der Waals surface area contributed by atoms with Crippen LogP contribution in [0.2, 0.25) is 0 Å². The molecule has 0 atom stereocenters. The third-order valence-electron chi connectivity index (χ3n) is 3.08. The van der Waals surface area contributed by atoms with Gasteiger partial charge >= 0.3 is 0 Å². The molecule has 108 valence electrons. The second-order valence-corrected chi connectivity index (χ2v) is 5.61. The van der Waals surface area contributed by atoms with E-state index in [1.807, 2.05) is 35.7 Å². The average molecular weight is 299 g/mol. The number of thiazole rings is 1. The monoisotopic (exact) mass is 299 g/mol. The molecule has 0 saturated carbocycles. The first-order chi connectivity index (χ1) is 10.3. The lowest BCUT2D eigenvalue weighted by Crippen LogP contribution is -2.11. The molecule has 0 amide bonds. The van der Waals surface area contributed by atoms with E-state index in [9.17, 15) is 0 Å². The standard InChI is InChI=1S/C16H17N3OS/c1-2-17-9-16-19-13(11-21-16)10-20-14-7-12-5-3-4-6-15(12)18-8-14/h3-8,11,17H,2,9-10H2,1H3. The molecule has 0 fully saturated rings. The summed E-state index contributed by atoms with van der Waals surface area (Å²) in [7, 11) is 0. The molecule has 21 heavy (non-hydrogen) atoms. The van der Waals surface area contributed by atoms with Crippen LogP contribution in [0.3, 0.4) is 0 Å². The van der Waals surface area contributed by atoms with Crippen molar-refractivity contribution in [3.63, 3.8) is 0 Å². The van der Waals surface area contributed by atoms with Gasteiger partial charge in [0.05, 0.1) is 17.4 Å². The Bertz CT molecular complexity index is 726. The molecule has 0 saturated heterocycles. The van der Waals surface area contributed by atoms with Gasteiger partial charge in [0.2, 0.25) is 0 Å². The zero-order valence-corrected chi connectivity index (χ0v) is 12.7. The van der Waals surface area contributed by atoms with Gasteiger partial charge in [0.15, 0.2) is 0 Å². The van der Waals surface area contributed by atoms with E-state index >= 15 is 0 Å². The van der Waals surface area contributed by atoms with Crippen LogP contribution < -0.4 is 10.1 Å². The van der Waals surface area contributed by atoms with E-state index in [0.717, 1.165) is 40.4 Å². The van der Waals surface area contributed by atoms with Crippen LogP contribution in [-0.2, 0) is 13.2 Å². The zero-order chi connectivity index (χ0) is 14.5. The number of aromatic nitrogens is 2. The van der Waals surface area contributed by atoms with Crippen molar-refractivity contribution in [1.82, 2.24) is 15.3 Å². The molecule has 1 N–H and O–H groups in total. The Kier molecular flexibility index (Phi) is 4.43. The summed E-state index contributed by atoms with van der Waals surface area (Å²) in [4.78, 5) is 8.92. The smallest absolute Gasteiger partial charge is 0.138 e. The highest BCUT2D eigenvalue weighted by atomic mass is 32.1. The minimum Gasteiger partial charge on any atom is -0.486 e. The Hall–Kier alpha value is -1.98. The van der Waals surface area contributed by atoms with Crippen molar-refractivity contribution in [3.05, 3.63) is 52.6 Å². The topological polar surface area (TPSA) is 47.0 Å². The second kappa shape index (κ2) is 6.65. The van der Waals surface area contributed by atoms with Crippen LogP contribution in [0.4, 0.5) is 0 Å². The molecule has 0 aliphatic heterocycles. The van der Waals surface area contributed by atoms with Gasteiger partial charge in [0.25, 0.3) is 0 Å². The van der Waals surface area contributed by atoms with Gasteiger partial charge in [0, 0.05) is 17.3 Å². The van der Waals surface area contributed by atoms with Crippen LogP contribution in [0.5, 0.6) is 5.75 Å². The lowest BCUT2D eigenvalue weighted by Gasteiger charge is -2.05. The van der Waals surface area contributed by atoms with E-state index in [0.29, 0.717) is 6.61 Å². The van der Waals surface area contributed by atoms with Crippen LogP contribution in [0, 0.1) is 0 Å². The van der Waals surface area contributed by atoms with Crippen LogP contribution in [0.15, 0.2) is 41.9 Å². The first kappa shape index (κ1) is 14.0. The number of hydrogen-bond acceptors (Lipinski definition) is 5. The first-order valence-electron chi connectivity index (χ1n) is 6.97. The number of ether oxygens (including phenoxy) is 1. The Morgan fingerprint density at radius 3 is 3.10 bits per heavy atom. The molecule has 4 nitrogen and oxygen atoms in total. The van der Waals surface area contributed by atoms with Crippen LogP contribution in [-0.4, -0.2) is 16.5 Å². The summed E-state index contributed by atoms with van der Waals surface area (Å²) in [5.41, 5.74) is 1.94. The number of para-hydroxylation sites is 1. The van der Waals surface area contributed by atoms with E-state index in [4.69, 9.17) is 4.74 Å². The number of hydrogen-bond donors (Lipinski definition) is 1. The fraction of sp³-hybridized carbons (Fsp3) is 0.250. The molecule has 2 heterocycles. The summed E-state index contributed by atoms with van der Waals surface area (Å²) >= 11 is 1.66. The quantitative estimate of drug-likeness (QED) is 0.758. The van der Waals surface area contributed by atoms with Crippen molar-refractivity contribution in [2.75, 3.05) is 6.54 Å². The average Bonchev–Trinajstić information content (AvgIpc) is 2.98. The Labute approximate surface area is 127 Å². The van der Waals surface area contributed by atoms with Crippen molar-refractivity contribution in [3.8, 4) is 5.75 Å². The molecule has 3 rings (SSSR count). The van der Waals surface area contributed by atoms with Gasteiger partial charge in [-0.1, -0.05) is 25.1 Å². The van der Waals surface area contributed by atoms with Crippen molar-refractivity contribution >= 4 is 22.2 Å². The lowest BCUT2D eigenvalue weighted by molar-refractivity contribution is 0.301. The van der Waals surface area contributed by atoms with Gasteiger partial charge in [-0.15, -0.1) is 11.3 Å². The third-order valence-corrected chi connectivity index (χ3v) is 3.98. The lowest BCUT2D eigenvalue weighted by atomic mass is 10.2. The highest BCUT2D eigenvalue weighted by molar-refractivity contribution is 7.09. The van der Waals surface area contributed by atoms with Crippen molar-refractivity contribution in [2.45, 2.75) is 20.1 Å². The predicted molar refractivity (Wildman–Crippen MR) is 85.6 cm³/mol. The zero-order valence-electron chi connectivity index (χ0n) is 11.9. The minimum atomic E-state index is 0.475. The maximum Gasteiger partial charge on any atom is 0.138 e. The van der Waals surface area contributed by atoms with E-state index in [1.54, 1.807) is 17.5 Å². The highest BCUT2D eigenvalue weighted by Crippen LogP contribution is 2.19. The van der Waals surface area contributed by atoms with E-state index in [2.05, 4.69) is 22.2 Å².